The van der Waals surface area contributed by atoms with Gasteiger partial charge in [0.1, 0.15) is 6.61 Å². The number of rotatable bonds is 8. The lowest BCUT2D eigenvalue weighted by Crippen LogP contribution is -2.26. The molecule has 0 aromatic heterocycles. The van der Waals surface area contributed by atoms with Crippen molar-refractivity contribution in [1.82, 2.24) is 0 Å². The Kier molecular flexibility index (Phi) is 7.79. The molecular formula is C27H29N3O4. The normalized spacial score (nSPS) is 13.7. The van der Waals surface area contributed by atoms with E-state index in [0.29, 0.717) is 41.1 Å². The Hall–Kier alpha value is -4.00. The van der Waals surface area contributed by atoms with Gasteiger partial charge in [-0.2, -0.15) is 0 Å². The van der Waals surface area contributed by atoms with E-state index in [4.69, 9.17) is 10.5 Å². The molecule has 0 bridgehead atoms. The zero-order valence-electron chi connectivity index (χ0n) is 19.9. The molecule has 0 fully saturated rings. The highest BCUT2D eigenvalue weighted by Crippen LogP contribution is 2.25. The van der Waals surface area contributed by atoms with E-state index in [9.17, 15) is 14.4 Å². The first kappa shape index (κ1) is 24.6. The third-order valence-corrected chi connectivity index (χ3v) is 5.64. The van der Waals surface area contributed by atoms with Crippen LogP contribution in [0.1, 0.15) is 43.1 Å². The van der Waals surface area contributed by atoms with Crippen LogP contribution in [0.25, 0.3) is 0 Å². The van der Waals surface area contributed by atoms with Crippen LogP contribution in [-0.4, -0.2) is 43.6 Å². The SMILES string of the molecule is CCC(C(=O)OCCN(C)c1ccc(N=C2C=C(C(N)=O)C(=O)c3ccccc32)cc1)=C(C)C. The second kappa shape index (κ2) is 10.7. The number of allylic oxidation sites excluding steroid dienone is 2. The Morgan fingerprint density at radius 2 is 1.68 bits per heavy atom. The second-order valence-corrected chi connectivity index (χ2v) is 8.20. The maximum absolute atomic E-state index is 12.5. The summed E-state index contributed by atoms with van der Waals surface area (Å²) in [5.74, 6) is -1.44. The number of benzene rings is 2. The maximum Gasteiger partial charge on any atom is 0.333 e. The number of primary amides is 1. The van der Waals surface area contributed by atoms with Crippen molar-refractivity contribution in [3.8, 4) is 0 Å². The number of anilines is 1. The molecule has 2 N–H and O–H groups in total. The smallest absolute Gasteiger partial charge is 0.333 e. The molecule has 1 aliphatic rings. The Labute approximate surface area is 199 Å². The molecule has 0 saturated carbocycles. The summed E-state index contributed by atoms with van der Waals surface area (Å²) >= 11 is 0. The van der Waals surface area contributed by atoms with E-state index in [1.807, 2.05) is 63.1 Å². The van der Waals surface area contributed by atoms with E-state index < -0.39 is 11.7 Å². The zero-order chi connectivity index (χ0) is 24.8. The van der Waals surface area contributed by atoms with Crippen molar-refractivity contribution in [2.45, 2.75) is 27.2 Å². The standard InChI is InChI=1S/C27H29N3O4/c1-5-20(17(2)3)27(33)34-15-14-30(4)19-12-10-18(11-13-19)29-24-16-23(26(28)32)25(31)22-9-7-6-8-21(22)24/h6-13,16H,5,14-15H2,1-4H3,(H2,28,32). The number of amides is 1. The number of nitrogens with zero attached hydrogens (tertiary/aromatic N) is 2. The number of Topliss-reactive ketones (excluding diaryl/α,β-unsaturated/α-hetero) is 1. The second-order valence-electron chi connectivity index (χ2n) is 8.20. The lowest BCUT2D eigenvalue weighted by atomic mass is 9.88. The number of fused-ring (bicyclic) bond motifs is 1. The molecule has 0 heterocycles. The quantitative estimate of drug-likeness (QED) is 0.363. The molecule has 2 aromatic carbocycles. The maximum atomic E-state index is 12.5. The van der Waals surface area contributed by atoms with Gasteiger partial charge in [0.2, 0.25) is 0 Å². The van der Waals surface area contributed by atoms with Crippen LogP contribution in [0.3, 0.4) is 0 Å². The minimum absolute atomic E-state index is 0.0808. The molecule has 2 aromatic rings. The molecule has 0 unspecified atom stereocenters. The highest BCUT2D eigenvalue weighted by molar-refractivity contribution is 6.35. The summed E-state index contributed by atoms with van der Waals surface area (Å²) in [6, 6.07) is 14.5. The number of hydrogen-bond donors (Lipinski definition) is 1. The number of nitrogens with two attached hydrogens (primary N) is 1. The van der Waals surface area contributed by atoms with Crippen molar-refractivity contribution in [2.75, 3.05) is 25.1 Å². The van der Waals surface area contributed by atoms with Gasteiger partial charge in [0.15, 0.2) is 5.78 Å². The van der Waals surface area contributed by atoms with E-state index in [2.05, 4.69) is 4.99 Å². The van der Waals surface area contributed by atoms with Gasteiger partial charge < -0.3 is 15.4 Å². The summed E-state index contributed by atoms with van der Waals surface area (Å²) in [6.07, 6.45) is 2.09. The van der Waals surface area contributed by atoms with E-state index >= 15 is 0 Å². The molecule has 1 aliphatic carbocycles. The molecule has 0 atom stereocenters. The molecule has 3 rings (SSSR count). The third-order valence-electron chi connectivity index (χ3n) is 5.64. The van der Waals surface area contributed by atoms with Gasteiger partial charge >= 0.3 is 5.97 Å². The number of carbonyl (C=O) groups is 3. The van der Waals surface area contributed by atoms with Gasteiger partial charge in [0.05, 0.1) is 23.5 Å². The van der Waals surface area contributed by atoms with E-state index in [1.54, 1.807) is 18.2 Å². The number of esters is 1. The van der Waals surface area contributed by atoms with Crippen molar-refractivity contribution < 1.29 is 19.1 Å². The van der Waals surface area contributed by atoms with Crippen molar-refractivity contribution in [3.05, 3.63) is 82.5 Å². The molecular weight excluding hydrogens is 430 g/mol. The van der Waals surface area contributed by atoms with E-state index in [0.717, 1.165) is 11.3 Å². The number of aliphatic imine (C=N–C) groups is 1. The number of ether oxygens (including phenoxy) is 1. The van der Waals surface area contributed by atoms with Crippen molar-refractivity contribution in [3.63, 3.8) is 0 Å². The van der Waals surface area contributed by atoms with Crippen LogP contribution in [-0.2, 0) is 14.3 Å². The van der Waals surface area contributed by atoms with Gasteiger partial charge in [-0.05, 0) is 50.6 Å². The number of carbonyl (C=O) groups excluding carboxylic acids is 3. The highest BCUT2D eigenvalue weighted by Gasteiger charge is 2.27. The van der Waals surface area contributed by atoms with Crippen molar-refractivity contribution in [1.29, 1.82) is 0 Å². The Bertz CT molecular complexity index is 1200. The van der Waals surface area contributed by atoms with Gasteiger partial charge in [-0.15, -0.1) is 0 Å². The minimum Gasteiger partial charge on any atom is -0.460 e. The van der Waals surface area contributed by atoms with Gasteiger partial charge in [-0.3, -0.25) is 9.59 Å². The average Bonchev–Trinajstić information content (AvgIpc) is 2.81. The van der Waals surface area contributed by atoms with Crippen LogP contribution in [0, 0.1) is 0 Å². The topological polar surface area (TPSA) is 102 Å². The molecule has 0 radical (unpaired) electrons. The lowest BCUT2D eigenvalue weighted by Gasteiger charge is -2.20. The van der Waals surface area contributed by atoms with E-state index in [1.165, 1.54) is 6.08 Å². The predicted molar refractivity (Wildman–Crippen MR) is 134 cm³/mol. The summed E-state index contributed by atoms with van der Waals surface area (Å²) in [5, 5.41) is 0. The lowest BCUT2D eigenvalue weighted by molar-refractivity contribution is -0.138. The third kappa shape index (κ3) is 5.49. The Morgan fingerprint density at radius 3 is 2.26 bits per heavy atom. The fourth-order valence-corrected chi connectivity index (χ4v) is 3.72. The molecule has 0 aliphatic heterocycles. The zero-order valence-corrected chi connectivity index (χ0v) is 19.9. The summed E-state index contributed by atoms with van der Waals surface area (Å²) in [7, 11) is 1.92. The molecule has 1 amide bonds. The molecule has 34 heavy (non-hydrogen) atoms. The Morgan fingerprint density at radius 1 is 1.03 bits per heavy atom. The van der Waals surface area contributed by atoms with Crippen LogP contribution >= 0.6 is 0 Å². The summed E-state index contributed by atoms with van der Waals surface area (Å²) in [6.45, 7) is 6.58. The van der Waals surface area contributed by atoms with Crippen molar-refractivity contribution >= 4 is 34.7 Å². The van der Waals surface area contributed by atoms with Crippen molar-refractivity contribution in [2.24, 2.45) is 10.7 Å². The van der Waals surface area contributed by atoms with Gasteiger partial charge in [0, 0.05) is 29.4 Å². The molecule has 7 nitrogen and oxygen atoms in total. The Balaban J connectivity index is 1.73. The average molecular weight is 460 g/mol. The fraction of sp³-hybridized carbons (Fsp3) is 0.259. The molecule has 7 heteroatoms. The van der Waals surface area contributed by atoms with E-state index in [-0.39, 0.29) is 18.1 Å². The highest BCUT2D eigenvalue weighted by atomic mass is 16.5. The monoisotopic (exact) mass is 459 g/mol. The van der Waals surface area contributed by atoms with Gasteiger partial charge in [0.25, 0.3) is 5.91 Å². The molecule has 176 valence electrons. The minimum atomic E-state index is -0.777. The van der Waals surface area contributed by atoms with Crippen LogP contribution in [0.5, 0.6) is 0 Å². The van der Waals surface area contributed by atoms with Crippen LogP contribution in [0.4, 0.5) is 11.4 Å². The number of ketones is 1. The number of likely N-dealkylation sites (N-methyl/N-ethyl adjacent to an activating group) is 1. The van der Waals surface area contributed by atoms with Gasteiger partial charge in [-0.25, -0.2) is 9.79 Å². The molecule has 0 saturated heterocycles. The van der Waals surface area contributed by atoms with Gasteiger partial charge in [-0.1, -0.05) is 36.8 Å². The van der Waals surface area contributed by atoms with Crippen LogP contribution < -0.4 is 10.6 Å². The van der Waals surface area contributed by atoms with Crippen LogP contribution in [0.15, 0.2) is 76.3 Å². The molecule has 0 spiro atoms. The predicted octanol–water partition coefficient (Wildman–Crippen LogP) is 4.14. The van der Waals surface area contributed by atoms with Crippen LogP contribution in [0.2, 0.25) is 0 Å². The summed E-state index contributed by atoms with van der Waals surface area (Å²) in [4.78, 5) is 43.1. The largest absolute Gasteiger partial charge is 0.460 e. The fourth-order valence-electron chi connectivity index (χ4n) is 3.72. The first-order chi connectivity index (χ1) is 16.2. The summed E-state index contributed by atoms with van der Waals surface area (Å²) in [5.41, 5.74) is 10.2. The first-order valence-electron chi connectivity index (χ1n) is 11.1. The first-order valence-corrected chi connectivity index (χ1v) is 11.1. The number of hydrogen-bond acceptors (Lipinski definition) is 6. The summed E-state index contributed by atoms with van der Waals surface area (Å²) < 4.78 is 5.41.